The van der Waals surface area contributed by atoms with Crippen LogP contribution in [0, 0.1) is 0 Å². The molecule has 0 radical (unpaired) electrons. The van der Waals surface area contributed by atoms with Crippen molar-refractivity contribution in [2.75, 3.05) is 79.2 Å². The highest BCUT2D eigenvalue weighted by molar-refractivity contribution is 7.47. The van der Waals surface area contributed by atoms with Crippen LogP contribution < -0.4 is 14.8 Å². The first-order valence-electron chi connectivity index (χ1n) is 18.9. The van der Waals surface area contributed by atoms with Crippen LogP contribution in [0.15, 0.2) is 72.9 Å². The maximum absolute atomic E-state index is 12.1. The van der Waals surface area contributed by atoms with Gasteiger partial charge < -0.3 is 48.1 Å². The molecule has 20 heteroatoms. The van der Waals surface area contributed by atoms with Crippen molar-refractivity contribution in [2.24, 2.45) is 0 Å². The lowest BCUT2D eigenvalue weighted by Crippen LogP contribution is -2.31. The lowest BCUT2D eigenvalue weighted by molar-refractivity contribution is -0.144. The summed E-state index contributed by atoms with van der Waals surface area (Å²) in [5.74, 6) is 0.654. The number of ketones is 1. The first-order chi connectivity index (χ1) is 29.2. The van der Waals surface area contributed by atoms with Gasteiger partial charge >= 0.3 is 7.82 Å². The molecule has 0 aliphatic carbocycles. The SMILES string of the molecule is O=COCC(COP(=O)(O)OCCNC(=O)COCCOCC(=O)CCCOCCOCC1Oc2ccc(-c3ccc(-c4cnc5ccccc5n4)cc3)cc2O1)OC=O. The van der Waals surface area contributed by atoms with E-state index in [1.807, 2.05) is 66.7 Å². The van der Waals surface area contributed by atoms with E-state index in [2.05, 4.69) is 24.3 Å². The molecule has 322 valence electrons. The number of aromatic nitrogens is 2. The number of benzene rings is 3. The van der Waals surface area contributed by atoms with E-state index in [4.69, 9.17) is 37.9 Å². The summed E-state index contributed by atoms with van der Waals surface area (Å²) in [6, 6.07) is 21.7. The van der Waals surface area contributed by atoms with Crippen molar-refractivity contribution in [3.63, 3.8) is 0 Å². The average Bonchev–Trinajstić information content (AvgIpc) is 3.67. The minimum atomic E-state index is -4.54. The predicted molar refractivity (Wildman–Crippen MR) is 211 cm³/mol. The second-order valence-corrected chi connectivity index (χ2v) is 14.3. The Kier molecular flexibility index (Phi) is 18.8. The van der Waals surface area contributed by atoms with Crippen LogP contribution in [-0.2, 0) is 61.2 Å². The molecule has 0 fully saturated rings. The van der Waals surface area contributed by atoms with Gasteiger partial charge in [-0.25, -0.2) is 9.55 Å². The molecule has 3 aromatic carbocycles. The van der Waals surface area contributed by atoms with Gasteiger partial charge in [0.15, 0.2) is 23.4 Å². The van der Waals surface area contributed by atoms with Crippen LogP contribution in [-0.4, -0.2) is 131 Å². The van der Waals surface area contributed by atoms with E-state index >= 15 is 0 Å². The molecule has 3 unspecified atom stereocenters. The molecule has 1 aliphatic rings. The van der Waals surface area contributed by atoms with Crippen LogP contribution in [0.1, 0.15) is 12.8 Å². The van der Waals surface area contributed by atoms with E-state index in [0.29, 0.717) is 37.7 Å². The fourth-order valence-corrected chi connectivity index (χ4v) is 6.21. The zero-order valence-corrected chi connectivity index (χ0v) is 33.4. The van der Waals surface area contributed by atoms with E-state index < -0.39 is 32.7 Å². The van der Waals surface area contributed by atoms with Crippen LogP contribution >= 0.6 is 7.82 Å². The Balaban J connectivity index is 0.829. The van der Waals surface area contributed by atoms with Crippen molar-refractivity contribution in [1.29, 1.82) is 0 Å². The third-order valence-corrected chi connectivity index (χ3v) is 9.35. The van der Waals surface area contributed by atoms with Crippen LogP contribution in [0.5, 0.6) is 11.5 Å². The zero-order valence-electron chi connectivity index (χ0n) is 32.5. The number of amides is 1. The fourth-order valence-electron chi connectivity index (χ4n) is 5.46. The first kappa shape index (κ1) is 45.7. The molecule has 2 N–H and O–H groups in total. The largest absolute Gasteiger partial charge is 0.472 e. The van der Waals surface area contributed by atoms with Gasteiger partial charge in [0.1, 0.15) is 26.4 Å². The van der Waals surface area contributed by atoms with Crippen molar-refractivity contribution in [3.05, 3.63) is 72.9 Å². The minimum Gasteiger partial charge on any atom is -0.464 e. The third-order valence-electron chi connectivity index (χ3n) is 8.36. The number of rotatable bonds is 30. The first-order valence-corrected chi connectivity index (χ1v) is 20.4. The van der Waals surface area contributed by atoms with Gasteiger partial charge in [0, 0.05) is 25.1 Å². The van der Waals surface area contributed by atoms with E-state index in [0.717, 1.165) is 33.4 Å². The summed E-state index contributed by atoms with van der Waals surface area (Å²) in [6.07, 6.45) is 0.875. The minimum absolute atomic E-state index is 0.0563. The Bertz CT molecular complexity index is 2040. The molecule has 60 heavy (non-hydrogen) atoms. The monoisotopic (exact) mass is 855 g/mol. The molecule has 1 aromatic heterocycles. The predicted octanol–water partition coefficient (Wildman–Crippen LogP) is 3.44. The van der Waals surface area contributed by atoms with Crippen molar-refractivity contribution < 1.29 is 75.6 Å². The lowest BCUT2D eigenvalue weighted by Gasteiger charge is -2.17. The van der Waals surface area contributed by atoms with Gasteiger partial charge in [-0.2, -0.15) is 0 Å². The van der Waals surface area contributed by atoms with Gasteiger partial charge in [-0.3, -0.25) is 33.2 Å². The Morgan fingerprint density at radius 3 is 2.30 bits per heavy atom. The third kappa shape index (κ3) is 15.7. The number of nitrogens with one attached hydrogen (secondary N) is 1. The highest BCUT2D eigenvalue weighted by Crippen LogP contribution is 2.43. The van der Waals surface area contributed by atoms with Crippen LogP contribution in [0.25, 0.3) is 33.4 Å². The van der Waals surface area contributed by atoms with Crippen molar-refractivity contribution in [3.8, 4) is 33.9 Å². The quantitative estimate of drug-likeness (QED) is 0.0434. The number of carbonyl (C=O) groups is 4. The molecule has 0 saturated heterocycles. The highest BCUT2D eigenvalue weighted by atomic mass is 31.2. The number of Topliss-reactive ketones (excluding diaryl/α,β-unsaturated/α-hetero) is 1. The second-order valence-electron chi connectivity index (χ2n) is 12.8. The molecule has 3 atom stereocenters. The second kappa shape index (κ2) is 24.6. The Morgan fingerprint density at radius 1 is 0.783 bits per heavy atom. The van der Waals surface area contributed by atoms with E-state index in [-0.39, 0.29) is 77.9 Å². The smallest absolute Gasteiger partial charge is 0.464 e. The molecular formula is C40H46N3O16P. The van der Waals surface area contributed by atoms with E-state index in [9.17, 15) is 28.6 Å². The van der Waals surface area contributed by atoms with Gasteiger partial charge in [0.05, 0.1) is 62.6 Å². The molecule has 0 spiro atoms. The number of ether oxygens (including phenoxy) is 8. The summed E-state index contributed by atoms with van der Waals surface area (Å²) in [6.45, 7) is -0.320. The maximum Gasteiger partial charge on any atom is 0.472 e. The fraction of sp³-hybridized carbons (Fsp3) is 0.400. The molecule has 19 nitrogen and oxygen atoms in total. The summed E-state index contributed by atoms with van der Waals surface area (Å²) < 4.78 is 63.8. The Labute approximate surface area is 345 Å². The molecule has 1 amide bonds. The van der Waals surface area contributed by atoms with Crippen LogP contribution in [0.4, 0.5) is 0 Å². The topological polar surface area (TPSA) is 236 Å². The standard InChI is InChI=1S/C40H46N3O16P/c44-27-54-23-33(55-28-45)24-57-60(48,49)56-15-13-41-39(47)25-52-19-18-51-22-32(46)4-3-14-50-16-17-53-26-40-58-37-12-11-31(20-38(37)59-40)29-7-9-30(10-8-29)36-21-42-34-5-1-2-6-35(34)43-36/h1-2,5-12,20-21,27-28,33,40H,3-4,13-19,22-26H2,(H,41,47)(H,48,49). The van der Waals surface area contributed by atoms with Gasteiger partial charge in [0.25, 0.3) is 19.2 Å². The number of phosphoric ester groups is 1. The number of hydrogen-bond donors (Lipinski definition) is 2. The molecule has 4 aromatic rings. The summed E-state index contributed by atoms with van der Waals surface area (Å²) in [4.78, 5) is 63.5. The molecule has 0 saturated carbocycles. The number of para-hydroxylation sites is 2. The number of hydrogen-bond acceptors (Lipinski definition) is 17. The molecule has 2 heterocycles. The van der Waals surface area contributed by atoms with Crippen molar-refractivity contribution in [1.82, 2.24) is 15.3 Å². The molecule has 0 bridgehead atoms. The van der Waals surface area contributed by atoms with Crippen molar-refractivity contribution in [2.45, 2.75) is 25.2 Å². The normalized spacial score (nSPS) is 14.6. The highest BCUT2D eigenvalue weighted by Gasteiger charge is 2.26. The number of carbonyl (C=O) groups excluding carboxylic acids is 4. The number of nitrogens with zero attached hydrogens (tertiary/aromatic N) is 2. The maximum atomic E-state index is 12.1. The van der Waals surface area contributed by atoms with Gasteiger partial charge in [-0.05, 0) is 41.8 Å². The van der Waals surface area contributed by atoms with Crippen molar-refractivity contribution >= 4 is 43.5 Å². The Hall–Kier alpha value is -5.37. The molecular weight excluding hydrogens is 809 g/mol. The summed E-state index contributed by atoms with van der Waals surface area (Å²) in [5.41, 5.74) is 5.49. The molecule has 5 rings (SSSR count). The molecule has 1 aliphatic heterocycles. The zero-order chi connectivity index (χ0) is 42.4. The summed E-state index contributed by atoms with van der Waals surface area (Å²) in [7, 11) is -4.54. The summed E-state index contributed by atoms with van der Waals surface area (Å²) in [5, 5.41) is 2.42. The van der Waals surface area contributed by atoms with E-state index in [1.165, 1.54) is 0 Å². The number of phosphoric acid groups is 1. The Morgan fingerprint density at radius 2 is 1.50 bits per heavy atom. The lowest BCUT2D eigenvalue weighted by atomic mass is 10.0. The van der Waals surface area contributed by atoms with E-state index in [1.54, 1.807) is 6.20 Å². The summed E-state index contributed by atoms with van der Waals surface area (Å²) >= 11 is 0. The van der Waals surface area contributed by atoms with Gasteiger partial charge in [-0.15, -0.1) is 0 Å². The van der Waals surface area contributed by atoms with Crippen LogP contribution in [0.2, 0.25) is 0 Å². The van der Waals surface area contributed by atoms with Gasteiger partial charge in [-0.1, -0.05) is 42.5 Å². The van der Waals surface area contributed by atoms with Gasteiger partial charge in [0.2, 0.25) is 5.91 Å². The average molecular weight is 856 g/mol. The number of fused-ring (bicyclic) bond motifs is 2. The van der Waals surface area contributed by atoms with Crippen LogP contribution in [0.3, 0.4) is 0 Å².